The molecular weight excluding hydrogens is 290 g/mol. The Bertz CT molecular complexity index is 527. The van der Waals surface area contributed by atoms with Gasteiger partial charge in [-0.05, 0) is 51.3 Å². The normalized spacial score (nSPS) is 17.0. The first-order valence-electron chi connectivity index (χ1n) is 7.17. The third-order valence-electron chi connectivity index (χ3n) is 3.80. The van der Waals surface area contributed by atoms with Gasteiger partial charge in [-0.1, -0.05) is 24.1 Å². The molecule has 0 heterocycles. The van der Waals surface area contributed by atoms with Crippen LogP contribution < -0.4 is 5.32 Å². The fourth-order valence-electron chi connectivity index (χ4n) is 2.61. The topological polar surface area (TPSA) is 58.6 Å². The number of benzene rings is 1. The number of aliphatic hydroxyl groups is 1. The van der Waals surface area contributed by atoms with E-state index in [9.17, 15) is 9.90 Å². The van der Waals surface area contributed by atoms with Crippen molar-refractivity contribution in [1.29, 1.82) is 0 Å². The summed E-state index contributed by atoms with van der Waals surface area (Å²) in [6.07, 6.45) is 2.38. The highest BCUT2D eigenvalue weighted by molar-refractivity contribution is 6.31. The number of aliphatic hydroxyl groups excluding tert-OH is 1. The number of rotatable bonds is 3. The van der Waals surface area contributed by atoms with E-state index in [1.807, 2.05) is 26.8 Å². The second-order valence-electron chi connectivity index (χ2n) is 6.61. The maximum absolute atomic E-state index is 12.0. The summed E-state index contributed by atoms with van der Waals surface area (Å²) in [5.41, 5.74) is 0.708. The highest BCUT2D eigenvalue weighted by atomic mass is 35.5. The number of carbonyl (C=O) groups excluding carboxylic acids is 1. The molecule has 1 aliphatic carbocycles. The van der Waals surface area contributed by atoms with E-state index in [-0.39, 0.29) is 12.0 Å². The Hall–Kier alpha value is -1.26. The molecule has 0 saturated heterocycles. The highest BCUT2D eigenvalue weighted by Crippen LogP contribution is 2.46. The first-order chi connectivity index (χ1) is 9.76. The van der Waals surface area contributed by atoms with Gasteiger partial charge in [0.25, 0.3) is 0 Å². The largest absolute Gasteiger partial charge is 0.444 e. The zero-order valence-corrected chi connectivity index (χ0v) is 13.5. The molecule has 0 aliphatic heterocycles. The minimum Gasteiger partial charge on any atom is -0.444 e. The summed E-state index contributed by atoms with van der Waals surface area (Å²) in [6.45, 7) is 5.50. The maximum atomic E-state index is 12.0. The third kappa shape index (κ3) is 3.69. The Kier molecular flexibility index (Phi) is 4.49. The molecule has 2 rings (SSSR count). The summed E-state index contributed by atoms with van der Waals surface area (Å²) in [5, 5.41) is 13.0. The van der Waals surface area contributed by atoms with Gasteiger partial charge in [0.15, 0.2) is 0 Å². The third-order valence-corrected chi connectivity index (χ3v) is 4.04. The van der Waals surface area contributed by atoms with Crippen molar-refractivity contribution in [2.75, 3.05) is 11.9 Å². The van der Waals surface area contributed by atoms with Gasteiger partial charge in [-0.3, -0.25) is 5.32 Å². The quantitative estimate of drug-likeness (QED) is 0.883. The number of amides is 1. The first kappa shape index (κ1) is 16.1. The summed E-state index contributed by atoms with van der Waals surface area (Å²) in [7, 11) is 0. The molecule has 116 valence electrons. The van der Waals surface area contributed by atoms with Crippen LogP contribution in [-0.4, -0.2) is 23.4 Å². The van der Waals surface area contributed by atoms with E-state index in [4.69, 9.17) is 16.3 Å². The molecule has 1 aromatic rings. The number of hydrogen-bond acceptors (Lipinski definition) is 3. The lowest BCUT2D eigenvalue weighted by Crippen LogP contribution is -2.39. The van der Waals surface area contributed by atoms with Crippen molar-refractivity contribution in [3.8, 4) is 0 Å². The number of anilines is 1. The fraction of sp³-hybridized carbons (Fsp3) is 0.562. The summed E-state index contributed by atoms with van der Waals surface area (Å²) in [4.78, 5) is 12.0. The van der Waals surface area contributed by atoms with Crippen molar-refractivity contribution in [1.82, 2.24) is 0 Å². The van der Waals surface area contributed by atoms with Crippen LogP contribution in [0.25, 0.3) is 0 Å². The molecule has 0 unspecified atom stereocenters. The van der Waals surface area contributed by atoms with Crippen LogP contribution in [0.2, 0.25) is 5.02 Å². The van der Waals surface area contributed by atoms with Crippen molar-refractivity contribution in [2.24, 2.45) is 0 Å². The van der Waals surface area contributed by atoms with Gasteiger partial charge in [0.2, 0.25) is 0 Å². The van der Waals surface area contributed by atoms with E-state index in [2.05, 4.69) is 5.32 Å². The van der Waals surface area contributed by atoms with Gasteiger partial charge in [-0.25, -0.2) is 4.79 Å². The highest BCUT2D eigenvalue weighted by Gasteiger charge is 2.40. The van der Waals surface area contributed by atoms with E-state index in [1.165, 1.54) is 0 Å². The Morgan fingerprint density at radius 2 is 2.10 bits per heavy atom. The summed E-state index contributed by atoms with van der Waals surface area (Å²) >= 11 is 6.03. The summed E-state index contributed by atoms with van der Waals surface area (Å²) in [6, 6.07) is 5.37. The predicted octanol–water partition coefficient (Wildman–Crippen LogP) is 4.10. The minimum absolute atomic E-state index is 0.0671. The molecule has 0 aromatic heterocycles. The Morgan fingerprint density at radius 3 is 2.57 bits per heavy atom. The first-order valence-corrected chi connectivity index (χ1v) is 7.54. The van der Waals surface area contributed by atoms with Gasteiger partial charge < -0.3 is 9.84 Å². The van der Waals surface area contributed by atoms with Gasteiger partial charge in [-0.2, -0.15) is 0 Å². The van der Waals surface area contributed by atoms with Crippen LogP contribution in [0.4, 0.5) is 10.5 Å². The second kappa shape index (κ2) is 5.85. The van der Waals surface area contributed by atoms with Crippen molar-refractivity contribution in [2.45, 2.75) is 51.0 Å². The van der Waals surface area contributed by atoms with Crippen LogP contribution in [0.15, 0.2) is 18.2 Å². The molecule has 1 aliphatic rings. The van der Waals surface area contributed by atoms with E-state index in [0.29, 0.717) is 10.7 Å². The fourth-order valence-corrected chi connectivity index (χ4v) is 2.78. The van der Waals surface area contributed by atoms with E-state index < -0.39 is 11.7 Å². The molecule has 5 heteroatoms. The van der Waals surface area contributed by atoms with Crippen molar-refractivity contribution < 1.29 is 14.6 Å². The van der Waals surface area contributed by atoms with Crippen molar-refractivity contribution >= 4 is 23.4 Å². The van der Waals surface area contributed by atoms with Crippen LogP contribution in [0.1, 0.15) is 45.6 Å². The van der Waals surface area contributed by atoms with Crippen LogP contribution in [0.5, 0.6) is 0 Å². The number of halogens is 1. The van der Waals surface area contributed by atoms with Gasteiger partial charge in [0, 0.05) is 16.1 Å². The summed E-state index contributed by atoms with van der Waals surface area (Å²) < 4.78 is 5.28. The van der Waals surface area contributed by atoms with Crippen LogP contribution >= 0.6 is 11.6 Å². The van der Waals surface area contributed by atoms with Crippen molar-refractivity contribution in [3.05, 3.63) is 28.8 Å². The average Bonchev–Trinajstić information content (AvgIpc) is 2.28. The smallest absolute Gasteiger partial charge is 0.412 e. The van der Waals surface area contributed by atoms with Crippen LogP contribution in [-0.2, 0) is 10.2 Å². The zero-order chi connectivity index (χ0) is 15.7. The predicted molar refractivity (Wildman–Crippen MR) is 83.9 cm³/mol. The number of carbonyl (C=O) groups is 1. The Balaban J connectivity index is 2.26. The lowest BCUT2D eigenvalue weighted by atomic mass is 9.64. The SMILES string of the molecule is CC(C)(C)OC(=O)Nc1cc(Cl)ccc1C1(CO)CCC1. The van der Waals surface area contributed by atoms with Gasteiger partial charge >= 0.3 is 6.09 Å². The molecule has 1 aromatic carbocycles. The molecule has 1 amide bonds. The van der Waals surface area contributed by atoms with Gasteiger partial charge in [0.05, 0.1) is 6.61 Å². The standard InChI is InChI=1S/C16H22ClNO3/c1-15(2,3)21-14(20)18-13-9-11(17)5-6-12(13)16(10-19)7-4-8-16/h5-6,9,19H,4,7-8,10H2,1-3H3,(H,18,20). The van der Waals surface area contributed by atoms with Gasteiger partial charge in [0.1, 0.15) is 5.60 Å². The number of ether oxygens (including phenoxy) is 1. The molecule has 2 N–H and O–H groups in total. The van der Waals surface area contributed by atoms with E-state index >= 15 is 0 Å². The van der Waals surface area contributed by atoms with E-state index in [1.54, 1.807) is 12.1 Å². The van der Waals surface area contributed by atoms with Crippen LogP contribution in [0.3, 0.4) is 0 Å². The van der Waals surface area contributed by atoms with Gasteiger partial charge in [-0.15, -0.1) is 0 Å². The number of nitrogens with one attached hydrogen (secondary N) is 1. The summed E-state index contributed by atoms with van der Waals surface area (Å²) in [5.74, 6) is 0. The second-order valence-corrected chi connectivity index (χ2v) is 7.05. The number of hydrogen-bond donors (Lipinski definition) is 2. The average molecular weight is 312 g/mol. The molecule has 0 atom stereocenters. The molecule has 0 bridgehead atoms. The van der Waals surface area contributed by atoms with E-state index in [0.717, 1.165) is 24.8 Å². The maximum Gasteiger partial charge on any atom is 0.412 e. The monoisotopic (exact) mass is 311 g/mol. The lowest BCUT2D eigenvalue weighted by molar-refractivity contribution is 0.0634. The molecular formula is C16H22ClNO3. The molecule has 1 fully saturated rings. The zero-order valence-electron chi connectivity index (χ0n) is 12.7. The molecule has 0 spiro atoms. The molecule has 0 radical (unpaired) electrons. The molecule has 4 nitrogen and oxygen atoms in total. The molecule has 21 heavy (non-hydrogen) atoms. The Morgan fingerprint density at radius 1 is 1.43 bits per heavy atom. The molecule has 1 saturated carbocycles. The van der Waals surface area contributed by atoms with Crippen molar-refractivity contribution in [3.63, 3.8) is 0 Å². The minimum atomic E-state index is -0.562. The van der Waals surface area contributed by atoms with Crippen LogP contribution in [0, 0.1) is 0 Å². The Labute approximate surface area is 130 Å². The lowest BCUT2D eigenvalue weighted by Gasteiger charge is -2.42.